The smallest absolute Gasteiger partial charge is 0.392 e. The quantitative estimate of drug-likeness (QED) is 0.112. The molecule has 1 aliphatic heterocycles. The maximum Gasteiger partial charge on any atom is 0.392 e. The van der Waals surface area contributed by atoms with Crippen LogP contribution < -0.4 is 25.5 Å². The van der Waals surface area contributed by atoms with E-state index in [0.717, 1.165) is 22.6 Å². The Labute approximate surface area is 292 Å². The molecule has 0 aromatic heterocycles. The van der Waals surface area contributed by atoms with Crippen LogP contribution >= 0.6 is 23.8 Å². The monoisotopic (exact) mass is 742 g/mol. The fraction of sp³-hybridized carbons (Fsp3) is 0.368. The summed E-state index contributed by atoms with van der Waals surface area (Å²) in [6.07, 6.45) is 2.36. The van der Waals surface area contributed by atoms with E-state index in [9.17, 15) is 0 Å². The zero-order chi connectivity index (χ0) is 31.6. The van der Waals surface area contributed by atoms with E-state index >= 15 is 0 Å². The van der Waals surface area contributed by atoms with Gasteiger partial charge in [-0.15, -0.1) is 0 Å². The van der Waals surface area contributed by atoms with Crippen molar-refractivity contribution in [1.82, 2.24) is 0 Å². The molecule has 7 heteroatoms. The fourth-order valence-corrected chi connectivity index (χ4v) is 13.0. The summed E-state index contributed by atoms with van der Waals surface area (Å²) in [6, 6.07) is 41.3. The second kappa shape index (κ2) is 18.7. The van der Waals surface area contributed by atoms with Gasteiger partial charge in [-0.1, -0.05) is 174 Å². The predicted molar refractivity (Wildman–Crippen MR) is 206 cm³/mol. The topological polar surface area (TPSA) is 6.48 Å². The van der Waals surface area contributed by atoms with Gasteiger partial charge in [0.1, 0.15) is 0 Å². The van der Waals surface area contributed by atoms with Crippen LogP contribution in [0.1, 0.15) is 55.4 Å². The van der Waals surface area contributed by atoms with Gasteiger partial charge >= 0.3 is 7.55 Å². The summed E-state index contributed by atoms with van der Waals surface area (Å²) >= 11 is 0. The van der Waals surface area contributed by atoms with E-state index < -0.39 is 7.92 Å². The molecule has 0 atom stereocenters. The van der Waals surface area contributed by atoms with Crippen molar-refractivity contribution in [2.45, 2.75) is 78.0 Å². The van der Waals surface area contributed by atoms with Gasteiger partial charge in [-0.25, -0.2) is 0 Å². The number of anilines is 2. The minimum atomic E-state index is -0.446. The van der Waals surface area contributed by atoms with Crippen LogP contribution in [0.2, 0.25) is 0 Å². The fourth-order valence-electron chi connectivity index (χ4n) is 5.84. The molecule has 240 valence electrons. The Balaban J connectivity index is 0.000000248. The van der Waals surface area contributed by atoms with Crippen molar-refractivity contribution in [2.75, 3.05) is 22.2 Å². The van der Waals surface area contributed by atoms with Crippen LogP contribution in [0.3, 0.4) is 0 Å². The van der Waals surface area contributed by atoms with Gasteiger partial charge in [0.05, 0.1) is 0 Å². The van der Waals surface area contributed by atoms with E-state index in [0.29, 0.717) is 0 Å². The van der Waals surface area contributed by atoms with E-state index in [4.69, 9.17) is 0 Å². The molecule has 0 saturated heterocycles. The van der Waals surface area contributed by atoms with Crippen LogP contribution in [0.4, 0.5) is 11.4 Å². The van der Waals surface area contributed by atoms with Crippen molar-refractivity contribution in [3.8, 4) is 0 Å². The van der Waals surface area contributed by atoms with Crippen LogP contribution in [0.25, 0.3) is 0 Å². The Morgan fingerprint density at radius 1 is 0.444 bits per heavy atom. The third-order valence-electron chi connectivity index (χ3n) is 8.11. The molecule has 4 aromatic rings. The van der Waals surface area contributed by atoms with Crippen molar-refractivity contribution in [1.29, 1.82) is 0 Å². The molecule has 1 heterocycles. The summed E-state index contributed by atoms with van der Waals surface area (Å²) in [5.41, 5.74) is 5.89. The van der Waals surface area contributed by atoms with E-state index in [-0.39, 0.29) is 35.3 Å². The van der Waals surface area contributed by atoms with Crippen molar-refractivity contribution < 1.29 is 19.5 Å². The van der Waals surface area contributed by atoms with Crippen LogP contribution in [0, 0.1) is 0 Å². The van der Waals surface area contributed by atoms with E-state index in [1.165, 1.54) is 39.9 Å². The third-order valence-corrected chi connectivity index (χ3v) is 17.1. The first-order chi connectivity index (χ1) is 21.2. The average molecular weight is 742 g/mol. The summed E-state index contributed by atoms with van der Waals surface area (Å²) in [5, 5.41) is 4.19. The van der Waals surface area contributed by atoms with Gasteiger partial charge in [-0.2, -0.15) is 0 Å². The SMILES string of the molecule is CC(C)P(CN1[B]N(CP(C(C)C)C(C)C)c2ccccc21)C(C)C.[Rh].c1ccc(P(c2ccccc2)c2ccccc2)cc1. The second-order valence-corrected chi connectivity index (χ2v) is 21.5. The molecule has 0 amide bonds. The Hall–Kier alpha value is -1.54. The molecule has 0 spiro atoms. The first-order valence-corrected chi connectivity index (χ1v) is 20.8. The molecule has 2 nitrogen and oxygen atoms in total. The molecule has 1 aliphatic rings. The summed E-state index contributed by atoms with van der Waals surface area (Å²) < 4.78 is 0. The predicted octanol–water partition coefficient (Wildman–Crippen LogP) is 9.80. The van der Waals surface area contributed by atoms with Gasteiger partial charge in [0.15, 0.2) is 0 Å². The molecule has 0 bridgehead atoms. The number of hydrogen-bond donors (Lipinski definition) is 0. The number of fused-ring (bicyclic) bond motifs is 1. The van der Waals surface area contributed by atoms with Crippen molar-refractivity contribution in [3.63, 3.8) is 0 Å². The van der Waals surface area contributed by atoms with Crippen LogP contribution in [0.15, 0.2) is 115 Å². The minimum Gasteiger partial charge on any atom is -0.393 e. The van der Waals surface area contributed by atoms with Crippen molar-refractivity contribution in [2.24, 2.45) is 0 Å². The molecular weight excluding hydrogens is 691 g/mol. The molecule has 0 N–H and O–H groups in total. The summed E-state index contributed by atoms with van der Waals surface area (Å²) in [5.74, 6) is 0. The van der Waals surface area contributed by atoms with Crippen LogP contribution in [-0.4, -0.2) is 42.8 Å². The van der Waals surface area contributed by atoms with Gasteiger partial charge < -0.3 is 9.62 Å². The van der Waals surface area contributed by atoms with E-state index in [1.54, 1.807) is 0 Å². The maximum atomic E-state index is 2.54. The largest absolute Gasteiger partial charge is 0.393 e. The molecule has 0 unspecified atom stereocenters. The molecule has 0 fully saturated rings. The number of benzene rings is 4. The number of para-hydroxylation sites is 2. The van der Waals surface area contributed by atoms with Crippen LogP contribution in [0.5, 0.6) is 0 Å². The number of nitrogens with zero attached hydrogens (tertiary/aromatic N) is 2. The molecule has 0 aliphatic carbocycles. The molecule has 4 aromatic carbocycles. The van der Waals surface area contributed by atoms with Crippen molar-refractivity contribution in [3.05, 3.63) is 115 Å². The minimum absolute atomic E-state index is 0. The standard InChI is InChI=1S/C20H36BN2P2.C18H15P.Rh/c1-15(2)24(16(3)4)13-22-19-11-9-10-12-20(19)23(21-22)14-25(17(5)6)18(7)8;1-4-10-16(11-5-1)19(17-12-6-2-7-13-17)18-14-8-3-9-15-18;/h9-12,15-18H,13-14H2,1-8H3;1-15H;. The molecule has 2 radical (unpaired) electrons. The summed E-state index contributed by atoms with van der Waals surface area (Å²) in [7, 11) is 1.95. The summed E-state index contributed by atoms with van der Waals surface area (Å²) in [6.45, 7) is 19.1. The Morgan fingerprint density at radius 3 is 0.978 bits per heavy atom. The normalized spacial score (nSPS) is 12.6. The maximum absolute atomic E-state index is 2.54. The molecule has 0 saturated carbocycles. The Morgan fingerprint density at radius 2 is 0.711 bits per heavy atom. The van der Waals surface area contributed by atoms with Gasteiger partial charge in [-0.05, 0) is 58.6 Å². The average Bonchev–Trinajstić information content (AvgIpc) is 3.37. The molecular formula is C38H51BN2P3Rh. The first kappa shape index (κ1) is 37.9. The Bertz CT molecular complexity index is 1230. The van der Waals surface area contributed by atoms with Gasteiger partial charge in [0.2, 0.25) is 0 Å². The van der Waals surface area contributed by atoms with Gasteiger partial charge in [0, 0.05) is 43.4 Å². The van der Waals surface area contributed by atoms with E-state index in [2.05, 4.69) is 188 Å². The second-order valence-electron chi connectivity index (χ2n) is 12.6. The van der Waals surface area contributed by atoms with Gasteiger partial charge in [0.25, 0.3) is 0 Å². The zero-order valence-corrected chi connectivity index (χ0v) is 32.7. The number of hydrogen-bond acceptors (Lipinski definition) is 2. The van der Waals surface area contributed by atoms with Crippen molar-refractivity contribution >= 4 is 58.6 Å². The molecule has 45 heavy (non-hydrogen) atoms. The Kier molecular flexibility index (Phi) is 15.8. The molecule has 5 rings (SSSR count). The third kappa shape index (κ3) is 10.5. The van der Waals surface area contributed by atoms with Crippen LogP contribution in [-0.2, 0) is 19.5 Å². The number of rotatable bonds is 11. The zero-order valence-electron chi connectivity index (χ0n) is 28.3. The summed E-state index contributed by atoms with van der Waals surface area (Å²) in [4.78, 5) is 5.07. The first-order valence-electron chi connectivity index (χ1n) is 16.1. The van der Waals surface area contributed by atoms with E-state index in [1.807, 2.05) is 0 Å². The van der Waals surface area contributed by atoms with Gasteiger partial charge in [-0.3, -0.25) is 0 Å².